The summed E-state index contributed by atoms with van der Waals surface area (Å²) in [5.74, 6) is -0.399. The number of H-pyrrole nitrogens is 1. The van der Waals surface area contributed by atoms with E-state index < -0.39 is 5.82 Å². The summed E-state index contributed by atoms with van der Waals surface area (Å²) in [6, 6.07) is 21.0. The summed E-state index contributed by atoms with van der Waals surface area (Å²) in [7, 11) is 8.07. The Balaban J connectivity index is 0.00000158. The van der Waals surface area contributed by atoms with E-state index in [1.54, 1.807) is 12.3 Å². The van der Waals surface area contributed by atoms with Gasteiger partial charge in [-0.3, -0.25) is 5.10 Å². The Morgan fingerprint density at radius 2 is 1.71 bits per heavy atom. The molecule has 1 saturated heterocycles. The van der Waals surface area contributed by atoms with Gasteiger partial charge in [0.1, 0.15) is 22.5 Å². The zero-order valence-corrected chi connectivity index (χ0v) is 35.0. The van der Waals surface area contributed by atoms with Crippen LogP contribution in [0.1, 0.15) is 42.4 Å². The van der Waals surface area contributed by atoms with Crippen molar-refractivity contribution < 1.29 is 4.39 Å². The standard InChI is InChI=1S/C45H48FN9.C3H9N/c1-7-10-17-36(9-3)53(6)32(5)41-33(8-2)15-12-19-39(41)48-24-13-14-31(4)54-25-27-55(28-26-54)37-22-20-34(21-23-37)43-44-40(51-52-43)30-49-45(50-44)42-35(29-47)16-11-18-38(42)46;1-4(2)3/h7-9,11-12,15-16,18-23,30,36,48H,1-5,10,13-14,17,24-28H2,6H3,(H,51,52);1-3H3. The summed E-state index contributed by atoms with van der Waals surface area (Å²) in [6.07, 6.45) is 11.1. The summed E-state index contributed by atoms with van der Waals surface area (Å²) in [5, 5.41) is 20.7. The number of piperazine rings is 1. The SMILES string of the molecule is C=CCCC(C=C)N(C)C(=C)c1c(C=C)cccc1NCCCC(=C)N1CCN(c2ccc(-c3n[nH]c4cnc(-c5c(F)cccc5C#N)nc34)cc2)CC1.CN(C)C. The molecule has 2 aromatic heterocycles. The molecule has 3 heterocycles. The molecule has 0 spiro atoms. The first-order valence-corrected chi connectivity index (χ1v) is 19.9. The van der Waals surface area contributed by atoms with Crippen molar-refractivity contribution in [2.75, 3.05) is 71.1 Å². The first-order chi connectivity index (χ1) is 28.5. The lowest BCUT2D eigenvalue weighted by atomic mass is 10.00. The van der Waals surface area contributed by atoms with Crippen molar-refractivity contribution in [1.82, 2.24) is 34.9 Å². The lowest BCUT2D eigenvalue weighted by Gasteiger charge is -2.38. The highest BCUT2D eigenvalue weighted by atomic mass is 19.1. The third-order valence-electron chi connectivity index (χ3n) is 10.3. The molecule has 0 radical (unpaired) electrons. The number of fused-ring (bicyclic) bond motifs is 1. The second-order valence-corrected chi connectivity index (χ2v) is 15.0. The molecule has 5 aromatic rings. The number of benzene rings is 3. The predicted molar refractivity (Wildman–Crippen MR) is 244 cm³/mol. The fourth-order valence-corrected chi connectivity index (χ4v) is 7.11. The van der Waals surface area contributed by atoms with Crippen LogP contribution in [0.25, 0.3) is 45.5 Å². The maximum atomic E-state index is 14.7. The van der Waals surface area contributed by atoms with Gasteiger partial charge >= 0.3 is 0 Å². The highest BCUT2D eigenvalue weighted by Gasteiger charge is 2.21. The maximum Gasteiger partial charge on any atom is 0.164 e. The maximum absolute atomic E-state index is 14.7. The number of anilines is 2. The number of hydrogen-bond acceptors (Lipinski definition) is 9. The molecule has 1 aliphatic rings. The van der Waals surface area contributed by atoms with E-state index in [-0.39, 0.29) is 23.0 Å². The quantitative estimate of drug-likeness (QED) is 0.0704. The Morgan fingerprint density at radius 3 is 2.37 bits per heavy atom. The smallest absolute Gasteiger partial charge is 0.164 e. The van der Waals surface area contributed by atoms with Gasteiger partial charge in [0.2, 0.25) is 0 Å². The zero-order chi connectivity index (χ0) is 42.5. The van der Waals surface area contributed by atoms with Crippen molar-refractivity contribution >= 4 is 34.2 Å². The van der Waals surface area contributed by atoms with Crippen molar-refractivity contribution in [3.63, 3.8) is 0 Å². The highest BCUT2D eigenvalue weighted by molar-refractivity contribution is 5.90. The van der Waals surface area contributed by atoms with Crippen LogP contribution in [-0.2, 0) is 0 Å². The molecule has 0 saturated carbocycles. The van der Waals surface area contributed by atoms with Crippen LogP contribution < -0.4 is 10.2 Å². The van der Waals surface area contributed by atoms with E-state index in [4.69, 9.17) is 0 Å². The lowest BCUT2D eigenvalue weighted by Crippen LogP contribution is -2.45. The number of nitrogens with one attached hydrogen (secondary N) is 2. The van der Waals surface area contributed by atoms with Crippen LogP contribution in [0.4, 0.5) is 15.8 Å². The third kappa shape index (κ3) is 10.7. The molecule has 306 valence electrons. The van der Waals surface area contributed by atoms with E-state index in [2.05, 4.69) is 110 Å². The first kappa shape index (κ1) is 43.6. The van der Waals surface area contributed by atoms with Gasteiger partial charge in [0.05, 0.1) is 23.4 Å². The number of allylic oxidation sites excluding steroid dienone is 2. The van der Waals surface area contributed by atoms with Gasteiger partial charge in [0, 0.05) is 79.7 Å². The molecule has 6 rings (SSSR count). The van der Waals surface area contributed by atoms with Gasteiger partial charge in [-0.1, -0.05) is 68.3 Å². The Bertz CT molecular complexity index is 2290. The Labute approximate surface area is 349 Å². The zero-order valence-electron chi connectivity index (χ0n) is 35.0. The largest absolute Gasteiger partial charge is 0.384 e. The average molecular weight is 793 g/mol. The van der Waals surface area contributed by atoms with Crippen molar-refractivity contribution in [1.29, 1.82) is 5.26 Å². The van der Waals surface area contributed by atoms with Crippen LogP contribution in [0, 0.1) is 17.1 Å². The van der Waals surface area contributed by atoms with E-state index in [1.807, 2.05) is 62.5 Å². The fraction of sp³-hybridized carbons (Fsp3) is 0.292. The van der Waals surface area contributed by atoms with Gasteiger partial charge in [0.15, 0.2) is 5.82 Å². The van der Waals surface area contributed by atoms with Crippen LogP contribution in [0.2, 0.25) is 0 Å². The molecule has 1 unspecified atom stereocenters. The summed E-state index contributed by atoms with van der Waals surface area (Å²) < 4.78 is 14.7. The Morgan fingerprint density at radius 1 is 1.00 bits per heavy atom. The first-order valence-electron chi connectivity index (χ1n) is 19.9. The number of rotatable bonds is 17. The normalized spacial score (nSPS) is 12.9. The van der Waals surface area contributed by atoms with Crippen molar-refractivity contribution in [3.05, 3.63) is 140 Å². The summed E-state index contributed by atoms with van der Waals surface area (Å²) in [5.41, 5.74) is 9.32. The van der Waals surface area contributed by atoms with Gasteiger partial charge in [0.25, 0.3) is 0 Å². The van der Waals surface area contributed by atoms with E-state index in [0.29, 0.717) is 16.7 Å². The van der Waals surface area contributed by atoms with Crippen LogP contribution in [-0.4, -0.2) is 102 Å². The number of hydrogen-bond donors (Lipinski definition) is 2. The summed E-state index contributed by atoms with van der Waals surface area (Å²) in [4.78, 5) is 17.9. The number of aromatic amines is 1. The number of aromatic nitrogens is 4. The van der Waals surface area contributed by atoms with Crippen LogP contribution >= 0.6 is 0 Å². The average Bonchev–Trinajstić information content (AvgIpc) is 3.68. The van der Waals surface area contributed by atoms with Gasteiger partial charge in [-0.2, -0.15) is 10.4 Å². The van der Waals surface area contributed by atoms with Gasteiger partial charge < -0.3 is 24.9 Å². The minimum Gasteiger partial charge on any atom is -0.384 e. The minimum atomic E-state index is -0.544. The molecule has 0 bridgehead atoms. The second-order valence-electron chi connectivity index (χ2n) is 15.0. The molecule has 1 atom stereocenters. The molecule has 3 aromatic carbocycles. The minimum absolute atomic E-state index is 0.0831. The number of nitriles is 1. The number of likely N-dealkylation sites (N-methyl/N-ethyl adjacent to an activating group) is 1. The van der Waals surface area contributed by atoms with Crippen LogP contribution in [0.15, 0.2) is 118 Å². The molecule has 2 N–H and O–H groups in total. The molecule has 11 heteroatoms. The van der Waals surface area contributed by atoms with Crippen molar-refractivity contribution in [3.8, 4) is 28.7 Å². The van der Waals surface area contributed by atoms with E-state index in [0.717, 1.165) is 97.9 Å². The number of nitrogens with zero attached hydrogens (tertiary/aromatic N) is 8. The summed E-state index contributed by atoms with van der Waals surface area (Å²) in [6.45, 7) is 25.3. The van der Waals surface area contributed by atoms with Crippen molar-refractivity contribution in [2.45, 2.75) is 31.7 Å². The fourth-order valence-electron chi connectivity index (χ4n) is 7.11. The van der Waals surface area contributed by atoms with Gasteiger partial charge in [-0.25, -0.2) is 14.4 Å². The Hall–Kier alpha value is -6.51. The van der Waals surface area contributed by atoms with Gasteiger partial charge in [-0.05, 0) is 82.7 Å². The third-order valence-corrected chi connectivity index (χ3v) is 10.3. The van der Waals surface area contributed by atoms with E-state index in [1.165, 1.54) is 12.1 Å². The van der Waals surface area contributed by atoms with Crippen LogP contribution in [0.5, 0.6) is 0 Å². The monoisotopic (exact) mass is 792 g/mol. The Kier molecular flexibility index (Phi) is 15.4. The van der Waals surface area contributed by atoms with E-state index in [9.17, 15) is 9.65 Å². The topological polar surface area (TPSA) is 103 Å². The number of halogens is 1. The molecule has 59 heavy (non-hydrogen) atoms. The molecular weight excluding hydrogens is 736 g/mol. The summed E-state index contributed by atoms with van der Waals surface area (Å²) >= 11 is 0. The lowest BCUT2D eigenvalue weighted by molar-refractivity contribution is 0.311. The molecule has 10 nitrogen and oxygen atoms in total. The molecule has 0 aliphatic carbocycles. The predicted octanol–water partition coefficient (Wildman–Crippen LogP) is 9.47. The molecular formula is C48H57FN10. The highest BCUT2D eigenvalue weighted by Crippen LogP contribution is 2.33. The van der Waals surface area contributed by atoms with Gasteiger partial charge in [-0.15, -0.1) is 13.2 Å². The van der Waals surface area contributed by atoms with E-state index >= 15 is 0 Å². The molecule has 1 aliphatic heterocycles. The second kappa shape index (κ2) is 20.8. The van der Waals surface area contributed by atoms with Crippen molar-refractivity contribution in [2.24, 2.45) is 0 Å². The molecule has 0 amide bonds. The molecule has 1 fully saturated rings. The van der Waals surface area contributed by atoms with Crippen LogP contribution in [0.3, 0.4) is 0 Å².